The van der Waals surface area contributed by atoms with Crippen molar-refractivity contribution in [2.75, 3.05) is 26.2 Å². The molecule has 1 aromatic carbocycles. The number of carboxylic acid groups (broad SMARTS) is 1. The van der Waals surface area contributed by atoms with Gasteiger partial charge in [0.25, 0.3) is 0 Å². The third-order valence-electron chi connectivity index (χ3n) is 5.17. The van der Waals surface area contributed by atoms with Gasteiger partial charge in [0.15, 0.2) is 0 Å². The van der Waals surface area contributed by atoms with Gasteiger partial charge in [0.2, 0.25) is 0 Å². The van der Waals surface area contributed by atoms with Gasteiger partial charge in [-0.2, -0.15) is 0 Å². The van der Waals surface area contributed by atoms with Crippen molar-refractivity contribution < 1.29 is 19.4 Å². The number of benzene rings is 1. The first-order valence-electron chi connectivity index (χ1n) is 8.99. The van der Waals surface area contributed by atoms with E-state index in [0.717, 1.165) is 5.56 Å². The monoisotopic (exact) mass is 414 g/mol. The zero-order valence-electron chi connectivity index (χ0n) is 15.7. The number of fused-ring (bicyclic) bond motifs is 1. The Balaban J connectivity index is 1.81. The summed E-state index contributed by atoms with van der Waals surface area (Å²) in [4.78, 5) is 28.2. The molecule has 8 heteroatoms. The topological polar surface area (TPSA) is 70.1 Å². The standard InChI is InChI=1S/C19H24Cl2N2O4/c1-18(2,3)27-17(26)22-6-8-23(9-7-22)19(16(24)25)5-4-12-10-14(20)15(21)11-13(12)19/h10-11H,4-9H2,1-3H3,(H,24,25). The molecule has 1 amide bonds. The lowest BCUT2D eigenvalue weighted by Gasteiger charge is -2.44. The average molecular weight is 415 g/mol. The molecule has 6 nitrogen and oxygen atoms in total. The SMILES string of the molecule is CC(C)(C)OC(=O)N1CCN(C2(C(=O)O)CCc3cc(Cl)c(Cl)cc32)CC1. The molecular weight excluding hydrogens is 391 g/mol. The Morgan fingerprint density at radius 1 is 1.11 bits per heavy atom. The number of halogens is 2. The maximum atomic E-state index is 12.4. The van der Waals surface area contributed by atoms with E-state index in [1.165, 1.54) is 0 Å². The van der Waals surface area contributed by atoms with Gasteiger partial charge in [0.1, 0.15) is 11.1 Å². The van der Waals surface area contributed by atoms with Crippen molar-refractivity contribution in [2.45, 2.75) is 44.8 Å². The third-order valence-corrected chi connectivity index (χ3v) is 5.89. The molecule has 27 heavy (non-hydrogen) atoms. The smallest absolute Gasteiger partial charge is 0.410 e. The van der Waals surface area contributed by atoms with Crippen LogP contribution in [0.1, 0.15) is 38.3 Å². The summed E-state index contributed by atoms with van der Waals surface area (Å²) in [6, 6.07) is 3.45. The van der Waals surface area contributed by atoms with Gasteiger partial charge in [-0.3, -0.25) is 4.90 Å². The molecule has 1 N–H and O–H groups in total. The summed E-state index contributed by atoms with van der Waals surface area (Å²) < 4.78 is 5.42. The summed E-state index contributed by atoms with van der Waals surface area (Å²) in [6.45, 7) is 7.21. The number of amides is 1. The highest BCUT2D eigenvalue weighted by molar-refractivity contribution is 6.42. The number of ether oxygens (including phenoxy) is 1. The van der Waals surface area contributed by atoms with E-state index in [1.807, 2.05) is 25.7 Å². The van der Waals surface area contributed by atoms with Crippen LogP contribution in [0.25, 0.3) is 0 Å². The molecule has 0 spiro atoms. The Labute approximate surface area is 169 Å². The number of nitrogens with zero attached hydrogens (tertiary/aromatic N) is 2. The second-order valence-electron chi connectivity index (χ2n) is 8.04. The van der Waals surface area contributed by atoms with Gasteiger partial charge < -0.3 is 14.7 Å². The molecule has 0 aromatic heterocycles. The number of aryl methyl sites for hydroxylation is 1. The average Bonchev–Trinajstić information content (AvgIpc) is 2.93. The molecule has 0 radical (unpaired) electrons. The number of carbonyl (C=O) groups excluding carboxylic acids is 1. The molecule has 148 valence electrons. The number of rotatable bonds is 2. The lowest BCUT2D eigenvalue weighted by molar-refractivity contribution is -0.154. The van der Waals surface area contributed by atoms with Gasteiger partial charge in [0.05, 0.1) is 10.0 Å². The summed E-state index contributed by atoms with van der Waals surface area (Å²) in [5, 5.41) is 10.9. The van der Waals surface area contributed by atoms with Crippen LogP contribution in [-0.4, -0.2) is 58.7 Å². The van der Waals surface area contributed by atoms with Crippen LogP contribution in [0.5, 0.6) is 0 Å². The molecule has 2 aliphatic rings. The van der Waals surface area contributed by atoms with Gasteiger partial charge in [-0.1, -0.05) is 23.2 Å². The Morgan fingerprint density at radius 2 is 1.70 bits per heavy atom. The Morgan fingerprint density at radius 3 is 2.26 bits per heavy atom. The highest BCUT2D eigenvalue weighted by atomic mass is 35.5. The second-order valence-corrected chi connectivity index (χ2v) is 8.86. The fourth-order valence-corrected chi connectivity index (χ4v) is 4.26. The molecule has 1 saturated heterocycles. The Hall–Kier alpha value is -1.50. The molecule has 0 bridgehead atoms. The van der Waals surface area contributed by atoms with E-state index >= 15 is 0 Å². The molecule has 1 aliphatic heterocycles. The summed E-state index contributed by atoms with van der Waals surface area (Å²) >= 11 is 12.3. The minimum absolute atomic E-state index is 0.357. The molecule has 1 aliphatic carbocycles. The van der Waals surface area contributed by atoms with E-state index in [1.54, 1.807) is 17.0 Å². The molecule has 3 rings (SSSR count). The zero-order valence-corrected chi connectivity index (χ0v) is 17.2. The zero-order chi connectivity index (χ0) is 20.0. The normalized spacial score (nSPS) is 23.2. The van der Waals surface area contributed by atoms with Gasteiger partial charge in [0, 0.05) is 26.2 Å². The van der Waals surface area contributed by atoms with Gasteiger partial charge >= 0.3 is 12.1 Å². The maximum absolute atomic E-state index is 12.4. The van der Waals surface area contributed by atoms with Gasteiger partial charge in [-0.15, -0.1) is 0 Å². The summed E-state index contributed by atoms with van der Waals surface area (Å²) in [6.07, 6.45) is 0.721. The summed E-state index contributed by atoms with van der Waals surface area (Å²) in [5.41, 5.74) is -0.0722. The molecular formula is C19H24Cl2N2O4. The van der Waals surface area contributed by atoms with Crippen molar-refractivity contribution in [3.63, 3.8) is 0 Å². The van der Waals surface area contributed by atoms with Crippen LogP contribution in [-0.2, 0) is 21.5 Å². The van der Waals surface area contributed by atoms with Crippen molar-refractivity contribution in [1.29, 1.82) is 0 Å². The lowest BCUT2D eigenvalue weighted by atomic mass is 9.89. The second kappa shape index (κ2) is 7.15. The summed E-state index contributed by atoms with van der Waals surface area (Å²) in [7, 11) is 0. The van der Waals surface area contributed by atoms with Crippen molar-refractivity contribution in [3.8, 4) is 0 Å². The minimum atomic E-state index is -1.14. The molecule has 1 fully saturated rings. The van der Waals surface area contributed by atoms with Gasteiger partial charge in [-0.25, -0.2) is 9.59 Å². The lowest BCUT2D eigenvalue weighted by Crippen LogP contribution is -2.59. The molecule has 0 saturated carbocycles. The first kappa shape index (κ1) is 20.2. The fraction of sp³-hybridized carbons (Fsp3) is 0.579. The highest BCUT2D eigenvalue weighted by Crippen LogP contribution is 2.45. The van der Waals surface area contributed by atoms with Crippen molar-refractivity contribution >= 4 is 35.3 Å². The van der Waals surface area contributed by atoms with Crippen molar-refractivity contribution in [3.05, 3.63) is 33.3 Å². The molecule has 1 aromatic rings. The largest absolute Gasteiger partial charge is 0.480 e. The Bertz CT molecular complexity index is 770. The quantitative estimate of drug-likeness (QED) is 0.797. The minimum Gasteiger partial charge on any atom is -0.480 e. The number of piperazine rings is 1. The fourth-order valence-electron chi connectivity index (χ4n) is 3.91. The van der Waals surface area contributed by atoms with Crippen LogP contribution < -0.4 is 0 Å². The van der Waals surface area contributed by atoms with E-state index in [9.17, 15) is 14.7 Å². The number of hydrogen-bond donors (Lipinski definition) is 1. The highest BCUT2D eigenvalue weighted by Gasteiger charge is 2.51. The van der Waals surface area contributed by atoms with Crippen LogP contribution in [0.15, 0.2) is 12.1 Å². The van der Waals surface area contributed by atoms with E-state index in [2.05, 4.69) is 0 Å². The van der Waals surface area contributed by atoms with E-state index in [-0.39, 0.29) is 6.09 Å². The van der Waals surface area contributed by atoms with Crippen LogP contribution >= 0.6 is 23.2 Å². The predicted octanol–water partition coefficient (Wildman–Crippen LogP) is 3.77. The molecule has 1 unspecified atom stereocenters. The summed E-state index contributed by atoms with van der Waals surface area (Å²) in [5.74, 6) is -0.898. The number of hydrogen-bond acceptors (Lipinski definition) is 4. The first-order valence-corrected chi connectivity index (χ1v) is 9.75. The third kappa shape index (κ3) is 3.75. The van der Waals surface area contributed by atoms with E-state index in [0.29, 0.717) is 54.6 Å². The molecule has 1 heterocycles. The van der Waals surface area contributed by atoms with E-state index < -0.39 is 17.1 Å². The maximum Gasteiger partial charge on any atom is 0.410 e. The van der Waals surface area contributed by atoms with Crippen molar-refractivity contribution in [2.24, 2.45) is 0 Å². The van der Waals surface area contributed by atoms with Gasteiger partial charge in [-0.05, 0) is 56.9 Å². The number of carboxylic acids is 1. The molecule has 1 atom stereocenters. The Kier molecular flexibility index (Phi) is 5.36. The predicted molar refractivity (Wildman–Crippen MR) is 103 cm³/mol. The van der Waals surface area contributed by atoms with E-state index in [4.69, 9.17) is 27.9 Å². The van der Waals surface area contributed by atoms with Crippen LogP contribution in [0.4, 0.5) is 4.79 Å². The van der Waals surface area contributed by atoms with Crippen LogP contribution in [0.3, 0.4) is 0 Å². The number of carbonyl (C=O) groups is 2. The number of aliphatic carboxylic acids is 1. The first-order chi connectivity index (χ1) is 12.5. The van der Waals surface area contributed by atoms with Crippen LogP contribution in [0, 0.1) is 0 Å². The van der Waals surface area contributed by atoms with Crippen LogP contribution in [0.2, 0.25) is 10.0 Å². The van der Waals surface area contributed by atoms with Crippen molar-refractivity contribution in [1.82, 2.24) is 9.80 Å².